The van der Waals surface area contributed by atoms with E-state index in [1.54, 1.807) is 10.7 Å². The summed E-state index contributed by atoms with van der Waals surface area (Å²) in [4.78, 5) is 28.5. The largest absolute Gasteiger partial charge is 0.481 e. The molecule has 0 spiro atoms. The van der Waals surface area contributed by atoms with Gasteiger partial charge < -0.3 is 15.3 Å². The molecule has 1 aromatic carbocycles. The van der Waals surface area contributed by atoms with Crippen molar-refractivity contribution in [2.75, 3.05) is 19.6 Å². The minimum atomic E-state index is -0.833. The first kappa shape index (κ1) is 19.1. The van der Waals surface area contributed by atoms with Crippen LogP contribution in [0.25, 0.3) is 5.65 Å². The van der Waals surface area contributed by atoms with Crippen LogP contribution >= 0.6 is 0 Å². The molecular formula is C21H23N5O3. The van der Waals surface area contributed by atoms with Gasteiger partial charge in [-0.25, -0.2) is 9.50 Å². The van der Waals surface area contributed by atoms with Crippen LogP contribution in [0.3, 0.4) is 0 Å². The van der Waals surface area contributed by atoms with Gasteiger partial charge in [0.2, 0.25) is 0 Å². The molecule has 0 aliphatic carbocycles. The molecule has 4 heterocycles. The maximum absolute atomic E-state index is 13.3. The lowest BCUT2D eigenvalue weighted by Gasteiger charge is -2.28. The predicted molar refractivity (Wildman–Crippen MR) is 106 cm³/mol. The van der Waals surface area contributed by atoms with Gasteiger partial charge in [0.25, 0.3) is 11.9 Å². The van der Waals surface area contributed by atoms with Crippen molar-refractivity contribution in [1.29, 1.82) is 0 Å². The quantitative estimate of drug-likeness (QED) is 0.689. The number of nitrogens with one attached hydrogen (secondary N) is 1. The Labute approximate surface area is 168 Å². The van der Waals surface area contributed by atoms with Crippen LogP contribution in [0.15, 0.2) is 55.0 Å². The molecule has 2 saturated heterocycles. The molecule has 2 aliphatic heterocycles. The van der Waals surface area contributed by atoms with Gasteiger partial charge in [0, 0.05) is 44.2 Å². The van der Waals surface area contributed by atoms with E-state index in [4.69, 9.17) is 9.90 Å². The second-order valence-corrected chi connectivity index (χ2v) is 7.39. The zero-order valence-corrected chi connectivity index (χ0v) is 16.1. The number of benzene rings is 1. The van der Waals surface area contributed by atoms with E-state index in [1.807, 2.05) is 23.1 Å². The fraction of sp³-hybridized carbons (Fsp3) is 0.333. The first-order valence-electron chi connectivity index (χ1n) is 9.60. The van der Waals surface area contributed by atoms with Crippen LogP contribution in [-0.4, -0.2) is 56.1 Å². The number of aliphatic carboxylic acids is 1. The zero-order chi connectivity index (χ0) is 20.4. The molecule has 2 aliphatic rings. The van der Waals surface area contributed by atoms with Crippen molar-refractivity contribution in [3.63, 3.8) is 0 Å². The number of hydrogen-bond acceptors (Lipinski definition) is 5. The number of carboxylic acid groups (broad SMARTS) is 1. The first-order valence-corrected chi connectivity index (χ1v) is 9.60. The maximum atomic E-state index is 13.3. The summed E-state index contributed by atoms with van der Waals surface area (Å²) in [5, 5.41) is 15.0. The van der Waals surface area contributed by atoms with Gasteiger partial charge in [-0.1, -0.05) is 30.3 Å². The second-order valence-electron chi connectivity index (χ2n) is 7.39. The van der Waals surface area contributed by atoms with E-state index in [9.17, 15) is 4.79 Å². The van der Waals surface area contributed by atoms with Gasteiger partial charge in [-0.05, 0) is 23.6 Å². The first-order chi connectivity index (χ1) is 14.0. The summed E-state index contributed by atoms with van der Waals surface area (Å²) in [6.45, 7) is 3.84. The summed E-state index contributed by atoms with van der Waals surface area (Å²) in [6.07, 6.45) is 3.30. The molecule has 0 radical (unpaired) electrons. The van der Waals surface area contributed by atoms with Gasteiger partial charge in [-0.2, -0.15) is 5.10 Å². The molecular weight excluding hydrogens is 370 g/mol. The number of likely N-dealkylation sites (tertiary alicyclic amines) is 1. The lowest BCUT2D eigenvalue weighted by molar-refractivity contribution is -0.134. The lowest BCUT2D eigenvalue weighted by atomic mass is 9.89. The molecule has 2 N–H and O–H groups in total. The number of nitrogens with zero attached hydrogens (tertiary/aromatic N) is 4. The van der Waals surface area contributed by atoms with Crippen molar-refractivity contribution >= 4 is 17.5 Å². The van der Waals surface area contributed by atoms with Crippen LogP contribution in [0.4, 0.5) is 0 Å². The number of aromatic nitrogens is 3. The van der Waals surface area contributed by atoms with Crippen LogP contribution in [0.1, 0.15) is 28.9 Å². The fourth-order valence-corrected chi connectivity index (χ4v) is 4.32. The number of hydrogen-bond donors (Lipinski definition) is 2. The molecule has 3 aromatic rings. The minimum Gasteiger partial charge on any atom is -0.481 e. The van der Waals surface area contributed by atoms with E-state index >= 15 is 0 Å². The number of carbonyl (C=O) groups excluding carboxylic acids is 1. The van der Waals surface area contributed by atoms with Crippen molar-refractivity contribution in [3.8, 4) is 0 Å². The Bertz CT molecular complexity index is 1020. The standard InChI is InChI=1S/C19H19N5O.C2H4O2/c25-19(14-6-7-24-17(8-14)21-12-22-24)23-11-15-9-20-10-16(15)18(23)13-4-2-1-3-5-13;1-2(3)4/h1-8,12,15-16,18,20H,9-11H2;1H3,(H,3,4)/t15-,16-,18+;/m0./s1. The molecule has 8 nitrogen and oxygen atoms in total. The van der Waals surface area contributed by atoms with Crippen molar-refractivity contribution in [1.82, 2.24) is 24.8 Å². The van der Waals surface area contributed by atoms with E-state index in [1.165, 1.54) is 11.9 Å². The molecule has 150 valence electrons. The number of fused-ring (bicyclic) bond motifs is 2. The fourth-order valence-electron chi connectivity index (χ4n) is 4.32. The van der Waals surface area contributed by atoms with Crippen molar-refractivity contribution in [2.24, 2.45) is 11.8 Å². The van der Waals surface area contributed by atoms with E-state index in [2.05, 4.69) is 39.7 Å². The Kier molecular flexibility index (Phi) is 5.26. The third-order valence-electron chi connectivity index (χ3n) is 5.49. The predicted octanol–water partition coefficient (Wildman–Crippen LogP) is 1.85. The van der Waals surface area contributed by atoms with E-state index < -0.39 is 5.97 Å². The van der Waals surface area contributed by atoms with Crippen molar-refractivity contribution in [2.45, 2.75) is 13.0 Å². The molecule has 2 fully saturated rings. The SMILES string of the molecule is CC(=O)O.O=C(c1ccn2ncnc2c1)N1C[C@@H]2CNC[C@@H]2[C@H]1c1ccccc1. The Balaban J connectivity index is 0.000000472. The van der Waals surface area contributed by atoms with Crippen LogP contribution in [0.5, 0.6) is 0 Å². The van der Waals surface area contributed by atoms with Crippen molar-refractivity contribution in [3.05, 3.63) is 66.1 Å². The summed E-state index contributed by atoms with van der Waals surface area (Å²) >= 11 is 0. The average Bonchev–Trinajstić information content (AvgIpc) is 3.42. The number of pyridine rings is 1. The smallest absolute Gasteiger partial charge is 0.300 e. The summed E-state index contributed by atoms with van der Waals surface area (Å²) < 4.78 is 1.67. The van der Waals surface area contributed by atoms with Crippen LogP contribution in [0.2, 0.25) is 0 Å². The lowest BCUT2D eigenvalue weighted by Crippen LogP contribution is -2.34. The zero-order valence-electron chi connectivity index (χ0n) is 16.1. The number of carboxylic acids is 1. The molecule has 2 aromatic heterocycles. The van der Waals surface area contributed by atoms with Gasteiger partial charge in [0.1, 0.15) is 6.33 Å². The van der Waals surface area contributed by atoms with E-state index in [0.717, 1.165) is 26.6 Å². The Morgan fingerprint density at radius 1 is 1.17 bits per heavy atom. The van der Waals surface area contributed by atoms with Crippen LogP contribution in [-0.2, 0) is 4.79 Å². The van der Waals surface area contributed by atoms with Crippen LogP contribution < -0.4 is 5.32 Å². The third kappa shape index (κ3) is 3.84. The van der Waals surface area contributed by atoms with Gasteiger partial charge in [0.15, 0.2) is 5.65 Å². The van der Waals surface area contributed by atoms with Crippen molar-refractivity contribution < 1.29 is 14.7 Å². The summed E-state index contributed by atoms with van der Waals surface area (Å²) in [6, 6.07) is 14.2. The Morgan fingerprint density at radius 3 is 2.69 bits per heavy atom. The molecule has 3 atom stereocenters. The minimum absolute atomic E-state index is 0.0775. The number of amides is 1. The van der Waals surface area contributed by atoms with Gasteiger partial charge in [-0.3, -0.25) is 9.59 Å². The molecule has 8 heteroatoms. The Morgan fingerprint density at radius 2 is 1.93 bits per heavy atom. The number of rotatable bonds is 2. The number of carbonyl (C=O) groups is 2. The monoisotopic (exact) mass is 393 g/mol. The molecule has 0 saturated carbocycles. The average molecular weight is 393 g/mol. The summed E-state index contributed by atoms with van der Waals surface area (Å²) in [7, 11) is 0. The highest BCUT2D eigenvalue weighted by Gasteiger charge is 2.46. The third-order valence-corrected chi connectivity index (χ3v) is 5.49. The van der Waals surface area contributed by atoms with E-state index in [0.29, 0.717) is 23.0 Å². The maximum Gasteiger partial charge on any atom is 0.300 e. The molecule has 5 rings (SSSR count). The molecule has 0 bridgehead atoms. The highest BCUT2D eigenvalue weighted by Crippen LogP contribution is 2.43. The molecule has 1 amide bonds. The van der Waals surface area contributed by atoms with Gasteiger partial charge in [0.05, 0.1) is 6.04 Å². The summed E-state index contributed by atoms with van der Waals surface area (Å²) in [5.74, 6) is 0.239. The van der Waals surface area contributed by atoms with E-state index in [-0.39, 0.29) is 11.9 Å². The topological polar surface area (TPSA) is 99.8 Å². The molecule has 29 heavy (non-hydrogen) atoms. The van der Waals surface area contributed by atoms with Gasteiger partial charge >= 0.3 is 0 Å². The van der Waals surface area contributed by atoms with Crippen LogP contribution in [0, 0.1) is 11.8 Å². The normalized spacial score (nSPS) is 22.8. The summed E-state index contributed by atoms with van der Waals surface area (Å²) in [5.41, 5.74) is 2.59. The highest BCUT2D eigenvalue weighted by molar-refractivity contribution is 5.95. The second kappa shape index (κ2) is 8.00. The Hall–Kier alpha value is -3.26. The molecule has 0 unspecified atom stereocenters. The highest BCUT2D eigenvalue weighted by atomic mass is 16.4. The van der Waals surface area contributed by atoms with Gasteiger partial charge in [-0.15, -0.1) is 0 Å².